The molecule has 0 fully saturated rings. The van der Waals surface area contributed by atoms with Crippen molar-refractivity contribution in [1.29, 1.82) is 0 Å². The second-order valence-electron chi connectivity index (χ2n) is 9.44. The number of hydrogen-bond acceptors (Lipinski definition) is 3. The Kier molecular flexibility index (Phi) is 7.42. The van der Waals surface area contributed by atoms with Gasteiger partial charge in [-0.3, -0.25) is 0 Å². The SMILES string of the molecule is CC(=Cc1ccccc1)[Si](O[Si](C)(C)C)(O[Si](C)(C)C)O[Si](C)(C)C. The molecular formula is C18H36O3Si4. The minimum Gasteiger partial charge on any atom is -0.414 e. The maximum atomic E-state index is 6.75. The van der Waals surface area contributed by atoms with Gasteiger partial charge >= 0.3 is 8.80 Å². The molecule has 3 nitrogen and oxygen atoms in total. The van der Waals surface area contributed by atoms with Crippen LogP contribution >= 0.6 is 0 Å². The highest BCUT2D eigenvalue weighted by Gasteiger charge is 2.51. The lowest BCUT2D eigenvalue weighted by Crippen LogP contribution is -2.61. The number of benzene rings is 1. The second kappa shape index (κ2) is 8.16. The van der Waals surface area contributed by atoms with E-state index in [9.17, 15) is 0 Å². The minimum atomic E-state index is -2.94. The lowest BCUT2D eigenvalue weighted by atomic mass is 10.2. The monoisotopic (exact) mass is 412 g/mol. The molecule has 1 aromatic rings. The predicted octanol–water partition coefficient (Wildman–Crippen LogP) is 6.12. The fraction of sp³-hybridized carbons (Fsp3) is 0.556. The number of allylic oxidation sites excluding steroid dienone is 1. The Morgan fingerprint density at radius 3 is 1.36 bits per heavy atom. The molecule has 0 N–H and O–H groups in total. The quantitative estimate of drug-likeness (QED) is 0.481. The summed E-state index contributed by atoms with van der Waals surface area (Å²) in [6.07, 6.45) is 2.19. The molecule has 142 valence electrons. The van der Waals surface area contributed by atoms with Crippen molar-refractivity contribution in [3.05, 3.63) is 41.1 Å². The molecule has 0 heterocycles. The summed E-state index contributed by atoms with van der Waals surface area (Å²) in [6.45, 7) is 22.1. The van der Waals surface area contributed by atoms with Gasteiger partial charge in [-0.2, -0.15) is 0 Å². The first-order chi connectivity index (χ1) is 11.1. The van der Waals surface area contributed by atoms with E-state index in [4.69, 9.17) is 12.3 Å². The Morgan fingerprint density at radius 1 is 0.680 bits per heavy atom. The molecule has 0 spiro atoms. The number of hydrogen-bond donors (Lipinski definition) is 0. The molecule has 7 heteroatoms. The highest BCUT2D eigenvalue weighted by molar-refractivity contribution is 6.93. The maximum absolute atomic E-state index is 6.75. The van der Waals surface area contributed by atoms with Crippen LogP contribution in [0.15, 0.2) is 35.5 Å². The first-order valence-corrected chi connectivity index (χ1v) is 20.9. The lowest BCUT2D eigenvalue weighted by molar-refractivity contribution is 0.266. The number of rotatable bonds is 8. The van der Waals surface area contributed by atoms with Crippen molar-refractivity contribution >= 4 is 39.8 Å². The molecule has 0 aliphatic rings. The van der Waals surface area contributed by atoms with E-state index in [1.165, 1.54) is 0 Å². The van der Waals surface area contributed by atoms with E-state index in [0.29, 0.717) is 0 Å². The van der Waals surface area contributed by atoms with Gasteiger partial charge in [-0.05, 0) is 76.6 Å². The third kappa shape index (κ3) is 8.76. The molecule has 0 radical (unpaired) electrons. The smallest absolute Gasteiger partial charge is 0.414 e. The van der Waals surface area contributed by atoms with Gasteiger partial charge in [-0.1, -0.05) is 36.4 Å². The van der Waals surface area contributed by atoms with Crippen LogP contribution in [0, 0.1) is 0 Å². The summed E-state index contributed by atoms with van der Waals surface area (Å²) in [5, 5.41) is 1.12. The van der Waals surface area contributed by atoms with Gasteiger partial charge in [0, 0.05) is 0 Å². The molecule has 0 atom stereocenters. The summed E-state index contributed by atoms with van der Waals surface area (Å²) in [7, 11) is -8.51. The van der Waals surface area contributed by atoms with Crippen molar-refractivity contribution in [2.24, 2.45) is 0 Å². The third-order valence-corrected chi connectivity index (χ3v) is 14.7. The fourth-order valence-electron chi connectivity index (χ4n) is 2.40. The summed E-state index contributed by atoms with van der Waals surface area (Å²) in [5.41, 5.74) is 1.16. The van der Waals surface area contributed by atoms with Gasteiger partial charge in [0.05, 0.1) is 0 Å². The maximum Gasteiger partial charge on any atom is 0.501 e. The van der Waals surface area contributed by atoms with Crippen molar-refractivity contribution in [2.45, 2.75) is 65.8 Å². The van der Waals surface area contributed by atoms with Gasteiger partial charge in [0.25, 0.3) is 0 Å². The molecule has 0 aliphatic heterocycles. The van der Waals surface area contributed by atoms with E-state index in [1.54, 1.807) is 0 Å². The average molecular weight is 413 g/mol. The van der Waals surface area contributed by atoms with E-state index in [0.717, 1.165) is 10.8 Å². The molecule has 0 saturated carbocycles. The summed E-state index contributed by atoms with van der Waals surface area (Å²) in [5.74, 6) is 0. The predicted molar refractivity (Wildman–Crippen MR) is 119 cm³/mol. The van der Waals surface area contributed by atoms with Crippen molar-refractivity contribution in [1.82, 2.24) is 0 Å². The average Bonchev–Trinajstić information content (AvgIpc) is 2.33. The van der Waals surface area contributed by atoms with Crippen LogP contribution < -0.4 is 0 Å². The van der Waals surface area contributed by atoms with Crippen LogP contribution in [0.5, 0.6) is 0 Å². The summed E-state index contributed by atoms with van der Waals surface area (Å²) < 4.78 is 20.2. The van der Waals surface area contributed by atoms with E-state index in [-0.39, 0.29) is 0 Å². The first kappa shape index (κ1) is 22.7. The van der Waals surface area contributed by atoms with Gasteiger partial charge in [-0.25, -0.2) is 0 Å². The van der Waals surface area contributed by atoms with Gasteiger partial charge in [0.1, 0.15) is 0 Å². The Labute approximate surface area is 159 Å². The molecule has 0 unspecified atom stereocenters. The van der Waals surface area contributed by atoms with Crippen molar-refractivity contribution in [2.75, 3.05) is 0 Å². The Balaban J connectivity index is 3.47. The van der Waals surface area contributed by atoms with Gasteiger partial charge in [-0.15, -0.1) is 0 Å². The minimum absolute atomic E-state index is 1.12. The normalized spacial score (nSPS) is 14.7. The molecule has 0 aromatic heterocycles. The van der Waals surface area contributed by atoms with E-state index >= 15 is 0 Å². The molecule has 0 aliphatic carbocycles. The van der Waals surface area contributed by atoms with E-state index in [1.807, 2.05) is 6.07 Å². The van der Waals surface area contributed by atoms with Gasteiger partial charge in [0.15, 0.2) is 25.0 Å². The topological polar surface area (TPSA) is 27.7 Å². The zero-order valence-electron chi connectivity index (χ0n) is 17.7. The molecule has 1 rings (SSSR count). The van der Waals surface area contributed by atoms with E-state index in [2.05, 4.69) is 96.2 Å². The highest BCUT2D eigenvalue weighted by Crippen LogP contribution is 2.32. The lowest BCUT2D eigenvalue weighted by Gasteiger charge is -2.43. The summed E-state index contributed by atoms with van der Waals surface area (Å²) >= 11 is 0. The molecule has 0 saturated heterocycles. The second-order valence-corrected chi connectivity index (χ2v) is 26.5. The largest absolute Gasteiger partial charge is 0.501 e. The summed E-state index contributed by atoms with van der Waals surface area (Å²) in [6, 6.07) is 10.4. The van der Waals surface area contributed by atoms with Gasteiger partial charge in [0.2, 0.25) is 0 Å². The fourth-order valence-corrected chi connectivity index (χ4v) is 16.0. The van der Waals surface area contributed by atoms with Gasteiger partial charge < -0.3 is 12.3 Å². The Morgan fingerprint density at radius 2 is 1.04 bits per heavy atom. The van der Waals surface area contributed by atoms with Crippen molar-refractivity contribution in [3.63, 3.8) is 0 Å². The van der Waals surface area contributed by atoms with Crippen LogP contribution in [0.4, 0.5) is 0 Å². The van der Waals surface area contributed by atoms with Crippen molar-refractivity contribution < 1.29 is 12.3 Å². The first-order valence-electron chi connectivity index (χ1n) is 8.96. The molecule has 1 aromatic carbocycles. The van der Waals surface area contributed by atoms with Crippen molar-refractivity contribution in [3.8, 4) is 0 Å². The van der Waals surface area contributed by atoms with Crippen LogP contribution in [0.3, 0.4) is 0 Å². The standard InChI is InChI=1S/C18H36O3Si4/c1-17(16-18-14-12-11-13-15-18)25(19-22(2,3)4,20-23(5,6)7)21-24(8,9)10/h11-16H,1-10H3. The van der Waals surface area contributed by atoms with Crippen LogP contribution in [-0.2, 0) is 12.3 Å². The molecule has 25 heavy (non-hydrogen) atoms. The Bertz CT molecular complexity index is 540. The molecule has 0 amide bonds. The molecule has 0 bridgehead atoms. The van der Waals surface area contributed by atoms with Crippen LogP contribution in [0.1, 0.15) is 12.5 Å². The van der Waals surface area contributed by atoms with Crippen LogP contribution in [-0.4, -0.2) is 33.8 Å². The zero-order chi connectivity index (χ0) is 19.5. The highest BCUT2D eigenvalue weighted by atomic mass is 28.5. The van der Waals surface area contributed by atoms with E-state index < -0.39 is 33.8 Å². The molecular weight excluding hydrogens is 377 g/mol. The van der Waals surface area contributed by atoms with Crippen LogP contribution in [0.25, 0.3) is 6.08 Å². The van der Waals surface area contributed by atoms with Crippen LogP contribution in [0.2, 0.25) is 58.9 Å². The zero-order valence-corrected chi connectivity index (χ0v) is 21.7. The third-order valence-electron chi connectivity index (χ3n) is 2.99. The Hall–Kier alpha value is -0.292. The summed E-state index contributed by atoms with van der Waals surface area (Å²) in [4.78, 5) is 0.